The normalized spacial score (nSPS) is 13.3. The minimum absolute atomic E-state index is 1.15. The first-order valence-corrected chi connectivity index (χ1v) is 9.42. The third-order valence-electron chi connectivity index (χ3n) is 4.74. The first-order valence-electron chi connectivity index (χ1n) is 8.20. The van der Waals surface area contributed by atoms with E-state index in [2.05, 4.69) is 72.5 Å². The fourth-order valence-electron chi connectivity index (χ4n) is 3.51. The van der Waals surface area contributed by atoms with Gasteiger partial charge in [-0.1, -0.05) is 42.0 Å². The van der Waals surface area contributed by atoms with Crippen molar-refractivity contribution in [2.24, 2.45) is 0 Å². The van der Waals surface area contributed by atoms with E-state index in [1.165, 1.54) is 51.2 Å². The largest absolute Gasteiger partial charge is 0.350 e. The molecule has 0 fully saturated rings. The molecule has 2 heterocycles. The summed E-state index contributed by atoms with van der Waals surface area (Å²) in [6, 6.07) is 17.9. The Bertz CT molecular complexity index is 826. The van der Waals surface area contributed by atoms with Crippen molar-refractivity contribution in [3.8, 4) is 22.3 Å². The van der Waals surface area contributed by atoms with Crippen molar-refractivity contribution in [3.63, 3.8) is 0 Å². The quantitative estimate of drug-likeness (QED) is 0.552. The minimum atomic E-state index is 1.15. The van der Waals surface area contributed by atoms with E-state index in [0.717, 1.165) is 6.54 Å². The van der Waals surface area contributed by atoms with Crippen LogP contribution in [0.2, 0.25) is 0 Å². The number of benzene rings is 2. The molecule has 1 aliphatic heterocycles. The molecule has 0 saturated heterocycles. The second-order valence-electron chi connectivity index (χ2n) is 6.26. The van der Waals surface area contributed by atoms with Crippen molar-refractivity contribution in [2.75, 3.05) is 6.26 Å². The maximum absolute atomic E-state index is 2.45. The Kier molecular flexibility index (Phi) is 3.78. The average Bonchev–Trinajstić information content (AvgIpc) is 3.17. The van der Waals surface area contributed by atoms with Crippen LogP contribution in [0.15, 0.2) is 59.6 Å². The Balaban J connectivity index is 1.88. The summed E-state index contributed by atoms with van der Waals surface area (Å²) in [4.78, 5) is 1.32. The van der Waals surface area contributed by atoms with Crippen LogP contribution in [0.3, 0.4) is 0 Å². The van der Waals surface area contributed by atoms with Gasteiger partial charge in [0.05, 0.1) is 0 Å². The molecule has 4 rings (SSSR count). The Labute approximate surface area is 142 Å². The number of hydrogen-bond acceptors (Lipinski definition) is 1. The van der Waals surface area contributed by atoms with E-state index in [1.807, 2.05) is 0 Å². The van der Waals surface area contributed by atoms with Crippen LogP contribution in [0.25, 0.3) is 22.3 Å². The van der Waals surface area contributed by atoms with Gasteiger partial charge in [0, 0.05) is 34.5 Å². The molecule has 0 N–H and O–H groups in total. The van der Waals surface area contributed by atoms with Crippen LogP contribution in [0.1, 0.15) is 17.7 Å². The lowest BCUT2D eigenvalue weighted by atomic mass is 9.95. The third-order valence-corrected chi connectivity index (χ3v) is 5.49. The summed E-state index contributed by atoms with van der Waals surface area (Å²) in [5, 5.41) is 0. The molecule has 116 valence electrons. The summed E-state index contributed by atoms with van der Waals surface area (Å²) in [5.74, 6) is 0. The molecule has 0 amide bonds. The number of nitrogens with zero attached hydrogens (tertiary/aromatic N) is 1. The van der Waals surface area contributed by atoms with Gasteiger partial charge in [-0.05, 0) is 49.3 Å². The van der Waals surface area contributed by atoms with E-state index in [9.17, 15) is 0 Å². The summed E-state index contributed by atoms with van der Waals surface area (Å²) in [5.41, 5.74) is 8.28. The molecular formula is C21H21NS. The van der Waals surface area contributed by atoms with Crippen molar-refractivity contribution in [1.82, 2.24) is 4.57 Å². The van der Waals surface area contributed by atoms with Crippen LogP contribution < -0.4 is 0 Å². The number of aryl methyl sites for hydroxylation is 2. The van der Waals surface area contributed by atoms with E-state index in [1.54, 1.807) is 11.8 Å². The number of hydrogen-bond donors (Lipinski definition) is 0. The number of fused-ring (bicyclic) bond motifs is 1. The molecule has 1 aromatic heterocycles. The Morgan fingerprint density at radius 1 is 0.913 bits per heavy atom. The lowest BCUT2D eigenvalue weighted by Crippen LogP contribution is -1.89. The molecule has 0 saturated carbocycles. The zero-order chi connectivity index (χ0) is 15.8. The highest BCUT2D eigenvalue weighted by Crippen LogP contribution is 2.39. The second kappa shape index (κ2) is 5.93. The van der Waals surface area contributed by atoms with Crippen molar-refractivity contribution in [1.29, 1.82) is 0 Å². The van der Waals surface area contributed by atoms with Crippen molar-refractivity contribution in [3.05, 3.63) is 66.0 Å². The summed E-state index contributed by atoms with van der Waals surface area (Å²) in [6.07, 6.45) is 6.93. The first kappa shape index (κ1) is 14.6. The van der Waals surface area contributed by atoms with Gasteiger partial charge in [-0.2, -0.15) is 0 Å². The molecule has 2 aromatic carbocycles. The molecule has 2 heteroatoms. The zero-order valence-corrected chi connectivity index (χ0v) is 14.5. The number of thioether (sulfide) groups is 1. The molecule has 0 unspecified atom stereocenters. The monoisotopic (exact) mass is 319 g/mol. The van der Waals surface area contributed by atoms with E-state index in [4.69, 9.17) is 0 Å². The minimum Gasteiger partial charge on any atom is -0.350 e. The fourth-order valence-corrected chi connectivity index (χ4v) is 3.92. The van der Waals surface area contributed by atoms with Crippen molar-refractivity contribution < 1.29 is 0 Å². The highest BCUT2D eigenvalue weighted by molar-refractivity contribution is 7.98. The average molecular weight is 319 g/mol. The van der Waals surface area contributed by atoms with Crippen LogP contribution in [0, 0.1) is 6.92 Å². The summed E-state index contributed by atoms with van der Waals surface area (Å²) >= 11 is 1.79. The van der Waals surface area contributed by atoms with Crippen LogP contribution >= 0.6 is 11.8 Å². The maximum atomic E-state index is 2.45. The van der Waals surface area contributed by atoms with Crippen molar-refractivity contribution in [2.45, 2.75) is 31.2 Å². The maximum Gasteiger partial charge on any atom is 0.0260 e. The predicted molar refractivity (Wildman–Crippen MR) is 100 cm³/mol. The van der Waals surface area contributed by atoms with Crippen LogP contribution in [-0.2, 0) is 13.0 Å². The highest BCUT2D eigenvalue weighted by Gasteiger charge is 2.21. The molecule has 3 aromatic rings. The summed E-state index contributed by atoms with van der Waals surface area (Å²) < 4.78 is 2.45. The molecule has 0 radical (unpaired) electrons. The Morgan fingerprint density at radius 3 is 2.30 bits per heavy atom. The van der Waals surface area contributed by atoms with Gasteiger partial charge in [0.1, 0.15) is 0 Å². The van der Waals surface area contributed by atoms with E-state index >= 15 is 0 Å². The third kappa shape index (κ3) is 2.61. The SMILES string of the molecule is CSc1ccc(-c2cn3c(c2-c2ccc(C)cc2)CCC3)cc1. The first-order chi connectivity index (χ1) is 11.3. The predicted octanol–water partition coefficient (Wildman–Crippen LogP) is 5.80. The van der Waals surface area contributed by atoms with Gasteiger partial charge in [-0.15, -0.1) is 11.8 Å². The molecule has 0 bridgehead atoms. The second-order valence-corrected chi connectivity index (χ2v) is 7.14. The molecular weight excluding hydrogens is 298 g/mol. The molecule has 1 nitrogen and oxygen atoms in total. The molecule has 0 aliphatic carbocycles. The molecule has 1 aliphatic rings. The van der Waals surface area contributed by atoms with Crippen LogP contribution in [0.5, 0.6) is 0 Å². The topological polar surface area (TPSA) is 4.93 Å². The highest BCUT2D eigenvalue weighted by atomic mass is 32.2. The van der Waals surface area contributed by atoms with Crippen molar-refractivity contribution >= 4 is 11.8 Å². The summed E-state index contributed by atoms with van der Waals surface area (Å²) in [6.45, 7) is 3.30. The summed E-state index contributed by atoms with van der Waals surface area (Å²) in [7, 11) is 0. The van der Waals surface area contributed by atoms with Gasteiger partial charge >= 0.3 is 0 Å². The zero-order valence-electron chi connectivity index (χ0n) is 13.7. The van der Waals surface area contributed by atoms with E-state index in [-0.39, 0.29) is 0 Å². The molecule has 0 atom stereocenters. The Morgan fingerprint density at radius 2 is 1.61 bits per heavy atom. The van der Waals surface area contributed by atoms with E-state index < -0.39 is 0 Å². The standard InChI is InChI=1S/C21H21NS/c1-15-5-7-17(8-6-15)21-19(14-22-13-3-4-20(21)22)16-9-11-18(23-2)12-10-16/h5-12,14H,3-4,13H2,1-2H3. The van der Waals surface area contributed by atoms with Gasteiger partial charge in [0.2, 0.25) is 0 Å². The number of aromatic nitrogens is 1. The van der Waals surface area contributed by atoms with Crippen LogP contribution in [0.4, 0.5) is 0 Å². The van der Waals surface area contributed by atoms with Gasteiger partial charge in [0.25, 0.3) is 0 Å². The lowest BCUT2D eigenvalue weighted by molar-refractivity contribution is 0.751. The van der Waals surface area contributed by atoms with Gasteiger partial charge in [-0.3, -0.25) is 0 Å². The fraction of sp³-hybridized carbons (Fsp3) is 0.238. The van der Waals surface area contributed by atoms with Gasteiger partial charge in [0.15, 0.2) is 0 Å². The van der Waals surface area contributed by atoms with Gasteiger partial charge < -0.3 is 4.57 Å². The molecule has 23 heavy (non-hydrogen) atoms. The lowest BCUT2D eigenvalue weighted by Gasteiger charge is -2.08. The van der Waals surface area contributed by atoms with Crippen LogP contribution in [-0.4, -0.2) is 10.8 Å². The molecule has 0 spiro atoms. The smallest absolute Gasteiger partial charge is 0.0260 e. The number of rotatable bonds is 3. The van der Waals surface area contributed by atoms with E-state index in [0.29, 0.717) is 0 Å². The Hall–Kier alpha value is -1.93. The van der Waals surface area contributed by atoms with Gasteiger partial charge in [-0.25, -0.2) is 0 Å².